The number of rotatable bonds is 1. The second-order valence-electron chi connectivity index (χ2n) is 12.7. The number of hydrogen-bond donors (Lipinski definition) is 3. The minimum Gasteiger partial charge on any atom is -0.629 e. The second-order valence-corrected chi connectivity index (χ2v) is 12.7. The maximum absolute atomic E-state index is 14.3. The van der Waals surface area contributed by atoms with Gasteiger partial charge in [-0.05, 0) is 57.4 Å². The van der Waals surface area contributed by atoms with Crippen molar-refractivity contribution in [1.82, 2.24) is 10.2 Å². The van der Waals surface area contributed by atoms with Crippen LogP contribution in [-0.2, 0) is 19.9 Å². The number of carbonyl (C=O) groups is 2. The predicted molar refractivity (Wildman–Crippen MR) is 129 cm³/mol. The number of ether oxygens (including phenoxy) is 2. The number of benzene rings is 1. The van der Waals surface area contributed by atoms with Crippen LogP contribution in [-0.4, -0.2) is 64.3 Å². The third-order valence-corrected chi connectivity index (χ3v) is 10.2. The standard InChI is InChI=1S/C27H33N3O6/c1-23(2)11-9-14-16(36-23)8-7-15-18(14)30(34)19-24(3,4)17-13-25-10-6-12-29(25)22(32)26(17,28-21(25)31)20(35-5)27(15,19)33/h7-9,11,17,19-20,30,33H,6,10,12-13H2,1-5H3,(H,28,31). The summed E-state index contributed by atoms with van der Waals surface area (Å²) in [7, 11) is 1.45. The lowest BCUT2D eigenvalue weighted by molar-refractivity contribution is -0.823. The number of aliphatic hydroxyl groups is 1. The van der Waals surface area contributed by atoms with Crippen LogP contribution in [0.2, 0.25) is 0 Å². The van der Waals surface area contributed by atoms with E-state index in [-0.39, 0.29) is 22.8 Å². The molecule has 9 heteroatoms. The highest BCUT2D eigenvalue weighted by Crippen LogP contribution is 2.65. The van der Waals surface area contributed by atoms with E-state index < -0.39 is 39.8 Å². The molecule has 9 nitrogen and oxygen atoms in total. The average Bonchev–Trinajstić information content (AvgIpc) is 3.33. The number of piperazine rings is 1. The smallest absolute Gasteiger partial charge is 0.252 e. The number of fused-ring (bicyclic) bond motifs is 6. The van der Waals surface area contributed by atoms with E-state index in [2.05, 4.69) is 5.32 Å². The second kappa shape index (κ2) is 6.32. The van der Waals surface area contributed by atoms with Crippen LogP contribution in [0.1, 0.15) is 58.1 Å². The Morgan fingerprint density at radius 3 is 2.72 bits per heavy atom. The van der Waals surface area contributed by atoms with Gasteiger partial charge in [0, 0.05) is 25.0 Å². The molecule has 1 aliphatic carbocycles. The van der Waals surface area contributed by atoms with E-state index in [1.54, 1.807) is 17.0 Å². The number of amides is 2. The van der Waals surface area contributed by atoms with Crippen molar-refractivity contribution in [3.05, 3.63) is 34.5 Å². The van der Waals surface area contributed by atoms with E-state index >= 15 is 0 Å². The minimum atomic E-state index is -1.81. The highest BCUT2D eigenvalue weighted by Gasteiger charge is 2.83. The van der Waals surface area contributed by atoms with Gasteiger partial charge in [-0.15, -0.1) is 0 Å². The fourth-order valence-electron chi connectivity index (χ4n) is 8.91. The Bertz CT molecular complexity index is 1270. The summed E-state index contributed by atoms with van der Waals surface area (Å²) in [6.07, 6.45) is 4.50. The molecular formula is C27H33N3O6. The van der Waals surface area contributed by atoms with E-state index in [0.717, 1.165) is 6.42 Å². The first-order valence-corrected chi connectivity index (χ1v) is 12.9. The van der Waals surface area contributed by atoms with Crippen molar-refractivity contribution in [3.8, 4) is 5.75 Å². The predicted octanol–water partition coefficient (Wildman–Crippen LogP) is 0.759. The van der Waals surface area contributed by atoms with Crippen molar-refractivity contribution >= 4 is 23.6 Å². The summed E-state index contributed by atoms with van der Waals surface area (Å²) in [6.45, 7) is 8.32. The van der Waals surface area contributed by atoms with Gasteiger partial charge in [0.2, 0.25) is 5.91 Å². The monoisotopic (exact) mass is 495 g/mol. The first-order valence-electron chi connectivity index (χ1n) is 12.9. The summed E-state index contributed by atoms with van der Waals surface area (Å²) in [4.78, 5) is 29.5. The van der Waals surface area contributed by atoms with Crippen molar-refractivity contribution in [2.75, 3.05) is 13.7 Å². The highest BCUT2D eigenvalue weighted by atomic mass is 16.5. The summed E-state index contributed by atoms with van der Waals surface area (Å²) >= 11 is 0. The van der Waals surface area contributed by atoms with Gasteiger partial charge in [-0.2, -0.15) is 0 Å². The number of hydrogen-bond acceptors (Lipinski definition) is 6. The zero-order chi connectivity index (χ0) is 25.6. The maximum Gasteiger partial charge on any atom is 0.252 e. The Kier molecular flexibility index (Phi) is 3.99. The van der Waals surface area contributed by atoms with Crippen LogP contribution in [0, 0.1) is 16.5 Å². The molecule has 1 saturated carbocycles. The molecule has 1 aromatic carbocycles. The molecule has 2 bridgehead atoms. The summed E-state index contributed by atoms with van der Waals surface area (Å²) in [5.41, 5.74) is -3.98. The Labute approximate surface area is 210 Å². The van der Waals surface area contributed by atoms with E-state index in [1.807, 2.05) is 39.8 Å². The Hall–Kier alpha value is -2.46. The van der Waals surface area contributed by atoms with Crippen LogP contribution in [0.5, 0.6) is 5.75 Å². The van der Waals surface area contributed by atoms with E-state index in [1.165, 1.54) is 7.11 Å². The molecule has 192 valence electrons. The minimum absolute atomic E-state index is 0.166. The van der Waals surface area contributed by atoms with Gasteiger partial charge in [0.25, 0.3) is 5.91 Å². The molecule has 7 atom stereocenters. The normalized spacial score (nSPS) is 44.2. The fraction of sp³-hybridized carbons (Fsp3) is 0.630. The SMILES string of the molecule is COC1C23NC(=O)C4(CCCN4C2=O)CC3C(C)(C)C2[NH+]([O-])c3c(ccc4c3C=CC(C)(C)O4)C21O. The summed E-state index contributed by atoms with van der Waals surface area (Å²) in [6, 6.07) is 2.67. The van der Waals surface area contributed by atoms with Gasteiger partial charge in [-0.25, -0.2) is 0 Å². The quantitative estimate of drug-likeness (QED) is 0.496. The molecule has 3 N–H and O–H groups in total. The zero-order valence-electron chi connectivity index (χ0n) is 21.3. The van der Waals surface area contributed by atoms with Gasteiger partial charge in [0.15, 0.2) is 11.1 Å². The molecule has 0 aromatic heterocycles. The Morgan fingerprint density at radius 1 is 1.25 bits per heavy atom. The molecule has 6 heterocycles. The molecule has 2 spiro atoms. The number of piperidine rings is 2. The van der Waals surface area contributed by atoms with Crippen molar-refractivity contribution in [3.63, 3.8) is 0 Å². The fourth-order valence-corrected chi connectivity index (χ4v) is 8.91. The Morgan fingerprint density at radius 2 is 2.00 bits per heavy atom. The lowest BCUT2D eigenvalue weighted by Crippen LogP contribution is -3.11. The molecule has 4 saturated heterocycles. The molecule has 1 aromatic rings. The summed E-state index contributed by atoms with van der Waals surface area (Å²) < 4.78 is 12.2. The van der Waals surface area contributed by atoms with E-state index in [0.29, 0.717) is 42.0 Å². The lowest BCUT2D eigenvalue weighted by atomic mass is 9.45. The van der Waals surface area contributed by atoms with Gasteiger partial charge in [-0.3, -0.25) is 9.59 Å². The number of nitrogens with zero attached hydrogens (tertiary/aromatic N) is 1. The molecular weight excluding hydrogens is 462 g/mol. The topological polar surface area (TPSA) is 116 Å². The molecule has 2 amide bonds. The van der Waals surface area contributed by atoms with E-state index in [9.17, 15) is 19.9 Å². The van der Waals surface area contributed by atoms with Crippen LogP contribution in [0.25, 0.3) is 6.08 Å². The van der Waals surface area contributed by atoms with Gasteiger partial charge < -0.3 is 35.1 Å². The third kappa shape index (κ3) is 2.17. The van der Waals surface area contributed by atoms with Gasteiger partial charge in [0.05, 0.1) is 11.1 Å². The van der Waals surface area contributed by atoms with Crippen molar-refractivity contribution < 1.29 is 29.2 Å². The number of quaternary nitrogens is 1. The number of methoxy groups -OCH3 is 1. The average molecular weight is 496 g/mol. The van der Waals surface area contributed by atoms with Crippen LogP contribution in [0.15, 0.2) is 18.2 Å². The van der Waals surface area contributed by atoms with Crippen LogP contribution >= 0.6 is 0 Å². The molecule has 36 heavy (non-hydrogen) atoms. The molecule has 0 radical (unpaired) electrons. The van der Waals surface area contributed by atoms with Gasteiger partial charge >= 0.3 is 0 Å². The molecule has 5 fully saturated rings. The first-order chi connectivity index (χ1) is 16.9. The van der Waals surface area contributed by atoms with Crippen LogP contribution in [0.3, 0.4) is 0 Å². The lowest BCUT2D eigenvalue weighted by Gasteiger charge is -2.69. The van der Waals surface area contributed by atoms with Gasteiger partial charge in [-0.1, -0.05) is 13.8 Å². The number of carbonyl (C=O) groups excluding carboxylic acids is 2. The first kappa shape index (κ1) is 22.7. The molecule has 6 aliphatic heterocycles. The van der Waals surface area contributed by atoms with Crippen LogP contribution in [0.4, 0.5) is 5.69 Å². The maximum atomic E-state index is 14.3. The largest absolute Gasteiger partial charge is 0.629 e. The van der Waals surface area contributed by atoms with E-state index in [4.69, 9.17) is 9.47 Å². The van der Waals surface area contributed by atoms with Crippen molar-refractivity contribution in [2.45, 2.75) is 81.4 Å². The highest BCUT2D eigenvalue weighted by molar-refractivity contribution is 6.06. The summed E-state index contributed by atoms with van der Waals surface area (Å²) in [5.74, 6) is -0.167. The number of hydroxylamine groups is 1. The third-order valence-electron chi connectivity index (χ3n) is 10.2. The Balaban J connectivity index is 1.49. The summed E-state index contributed by atoms with van der Waals surface area (Å²) in [5, 5.41) is 29.9. The van der Waals surface area contributed by atoms with Crippen molar-refractivity contribution in [1.29, 1.82) is 0 Å². The number of nitrogens with one attached hydrogen (secondary N) is 2. The molecule has 8 rings (SSSR count). The molecule has 7 unspecified atom stereocenters. The van der Waals surface area contributed by atoms with Gasteiger partial charge in [0.1, 0.15) is 34.7 Å². The molecule has 7 aliphatic rings. The van der Waals surface area contributed by atoms with Crippen molar-refractivity contribution in [2.24, 2.45) is 11.3 Å². The zero-order valence-corrected chi connectivity index (χ0v) is 21.3. The van der Waals surface area contributed by atoms with Crippen LogP contribution < -0.4 is 15.1 Å².